The van der Waals surface area contributed by atoms with Gasteiger partial charge in [0.2, 0.25) is 0 Å². The SMILES string of the molecule is COc1ccc(NC(=S)N/N=C2\CCC[C@H](C)C2)cc1OC. The lowest BCUT2D eigenvalue weighted by Crippen LogP contribution is -2.26. The molecule has 2 N–H and O–H groups in total. The molecule has 6 heteroatoms. The van der Waals surface area contributed by atoms with Gasteiger partial charge >= 0.3 is 0 Å². The second kappa shape index (κ2) is 7.98. The minimum Gasteiger partial charge on any atom is -0.493 e. The van der Waals surface area contributed by atoms with Gasteiger partial charge in [0, 0.05) is 17.5 Å². The van der Waals surface area contributed by atoms with Crippen LogP contribution in [0.5, 0.6) is 11.5 Å². The largest absolute Gasteiger partial charge is 0.493 e. The molecule has 0 aliphatic heterocycles. The average molecular weight is 321 g/mol. The molecule has 1 aliphatic rings. The molecule has 0 unspecified atom stereocenters. The molecule has 5 nitrogen and oxygen atoms in total. The highest BCUT2D eigenvalue weighted by Crippen LogP contribution is 2.29. The van der Waals surface area contributed by atoms with E-state index in [0.29, 0.717) is 22.5 Å². The molecule has 22 heavy (non-hydrogen) atoms. The van der Waals surface area contributed by atoms with E-state index in [-0.39, 0.29) is 0 Å². The van der Waals surface area contributed by atoms with Gasteiger partial charge in [-0.1, -0.05) is 6.92 Å². The first-order valence-electron chi connectivity index (χ1n) is 7.47. The van der Waals surface area contributed by atoms with Crippen molar-refractivity contribution in [1.29, 1.82) is 0 Å². The molecule has 0 bridgehead atoms. The Kier molecular flexibility index (Phi) is 6.00. The summed E-state index contributed by atoms with van der Waals surface area (Å²) in [4.78, 5) is 0. The summed E-state index contributed by atoms with van der Waals surface area (Å²) in [6.07, 6.45) is 4.59. The van der Waals surface area contributed by atoms with Crippen LogP contribution in [0.2, 0.25) is 0 Å². The maximum absolute atomic E-state index is 5.27. The molecule has 2 rings (SSSR count). The fourth-order valence-electron chi connectivity index (χ4n) is 2.57. The Morgan fingerprint density at radius 3 is 2.73 bits per heavy atom. The zero-order chi connectivity index (χ0) is 15.9. The summed E-state index contributed by atoms with van der Waals surface area (Å²) in [6, 6.07) is 5.55. The van der Waals surface area contributed by atoms with Crippen LogP contribution in [-0.2, 0) is 0 Å². The van der Waals surface area contributed by atoms with E-state index < -0.39 is 0 Å². The standard InChI is InChI=1S/C16H23N3O2S/c1-11-5-4-6-13(9-11)18-19-16(22)17-12-7-8-14(20-2)15(10-12)21-3/h7-8,10-11H,4-6,9H2,1-3H3,(H2,17,19,22)/b18-13+/t11-/m0/s1. The third-order valence-electron chi connectivity index (χ3n) is 3.70. The zero-order valence-corrected chi connectivity index (χ0v) is 14.1. The fourth-order valence-corrected chi connectivity index (χ4v) is 2.73. The van der Waals surface area contributed by atoms with E-state index >= 15 is 0 Å². The fraction of sp³-hybridized carbons (Fsp3) is 0.500. The van der Waals surface area contributed by atoms with E-state index in [9.17, 15) is 0 Å². The van der Waals surface area contributed by atoms with Crippen LogP contribution in [0.1, 0.15) is 32.6 Å². The van der Waals surface area contributed by atoms with Gasteiger partial charge in [-0.3, -0.25) is 5.43 Å². The summed E-state index contributed by atoms with van der Waals surface area (Å²) in [7, 11) is 3.22. The first-order chi connectivity index (χ1) is 10.6. The van der Waals surface area contributed by atoms with E-state index in [1.54, 1.807) is 14.2 Å². The molecule has 0 radical (unpaired) electrons. The summed E-state index contributed by atoms with van der Waals surface area (Å²) in [5.41, 5.74) is 4.94. The summed E-state index contributed by atoms with van der Waals surface area (Å²) >= 11 is 5.27. The van der Waals surface area contributed by atoms with Crippen LogP contribution in [0.15, 0.2) is 23.3 Å². The second-order valence-electron chi connectivity index (χ2n) is 5.52. The number of rotatable bonds is 4. The van der Waals surface area contributed by atoms with E-state index in [4.69, 9.17) is 21.7 Å². The number of hydrogen-bond donors (Lipinski definition) is 2. The van der Waals surface area contributed by atoms with Crippen LogP contribution in [-0.4, -0.2) is 25.0 Å². The van der Waals surface area contributed by atoms with Crippen molar-refractivity contribution in [3.05, 3.63) is 18.2 Å². The van der Waals surface area contributed by atoms with Gasteiger partial charge in [0.05, 0.1) is 14.2 Å². The van der Waals surface area contributed by atoms with E-state index in [1.165, 1.54) is 18.6 Å². The highest BCUT2D eigenvalue weighted by Gasteiger charge is 2.14. The predicted octanol–water partition coefficient (Wildman–Crippen LogP) is 3.56. The third-order valence-corrected chi connectivity index (χ3v) is 3.90. The Hall–Kier alpha value is -1.82. The number of methoxy groups -OCH3 is 2. The Labute approximate surface area is 137 Å². The van der Waals surface area contributed by atoms with Crippen molar-refractivity contribution in [3.8, 4) is 11.5 Å². The first kappa shape index (κ1) is 16.5. The number of ether oxygens (including phenoxy) is 2. The molecule has 0 saturated heterocycles. The van der Waals surface area contributed by atoms with E-state index in [2.05, 4.69) is 22.8 Å². The van der Waals surface area contributed by atoms with Gasteiger partial charge in [0.15, 0.2) is 16.6 Å². The van der Waals surface area contributed by atoms with Crippen molar-refractivity contribution in [2.24, 2.45) is 11.0 Å². The second-order valence-corrected chi connectivity index (χ2v) is 5.92. The van der Waals surface area contributed by atoms with Gasteiger partial charge in [-0.05, 0) is 56.0 Å². The summed E-state index contributed by atoms with van der Waals surface area (Å²) < 4.78 is 10.5. The topological polar surface area (TPSA) is 54.9 Å². The van der Waals surface area contributed by atoms with Crippen LogP contribution < -0.4 is 20.2 Å². The Balaban J connectivity index is 1.93. The summed E-state index contributed by atoms with van der Waals surface area (Å²) in [5, 5.41) is 7.98. The predicted molar refractivity (Wildman–Crippen MR) is 94.0 cm³/mol. The summed E-state index contributed by atoms with van der Waals surface area (Å²) in [5.74, 6) is 2.05. The van der Waals surface area contributed by atoms with Crippen molar-refractivity contribution < 1.29 is 9.47 Å². The Morgan fingerprint density at radius 2 is 2.05 bits per heavy atom. The van der Waals surface area contributed by atoms with Gasteiger partial charge in [-0.15, -0.1) is 0 Å². The molecule has 0 heterocycles. The molecule has 1 aliphatic carbocycles. The molecule has 1 fully saturated rings. The number of nitrogens with zero attached hydrogens (tertiary/aromatic N) is 1. The lowest BCUT2D eigenvalue weighted by Gasteiger charge is -2.19. The number of hydrogen-bond acceptors (Lipinski definition) is 4. The number of nitrogens with one attached hydrogen (secondary N) is 2. The highest BCUT2D eigenvalue weighted by molar-refractivity contribution is 7.80. The summed E-state index contributed by atoms with van der Waals surface area (Å²) in [6.45, 7) is 2.26. The monoisotopic (exact) mass is 321 g/mol. The maximum atomic E-state index is 5.27. The van der Waals surface area contributed by atoms with Crippen LogP contribution >= 0.6 is 12.2 Å². The van der Waals surface area contributed by atoms with Gasteiger partial charge in [-0.25, -0.2) is 0 Å². The zero-order valence-electron chi connectivity index (χ0n) is 13.3. The van der Waals surface area contributed by atoms with Gasteiger partial charge in [-0.2, -0.15) is 5.10 Å². The first-order valence-corrected chi connectivity index (χ1v) is 7.87. The molecule has 1 aromatic rings. The van der Waals surface area contributed by atoms with E-state index in [0.717, 1.165) is 18.5 Å². The minimum absolute atomic E-state index is 0.470. The molecule has 0 aromatic heterocycles. The number of anilines is 1. The van der Waals surface area contributed by atoms with Crippen LogP contribution in [0, 0.1) is 5.92 Å². The Bertz CT molecular complexity index is 560. The lowest BCUT2D eigenvalue weighted by atomic mass is 9.89. The van der Waals surface area contributed by atoms with Gasteiger partial charge in [0.25, 0.3) is 0 Å². The smallest absolute Gasteiger partial charge is 0.191 e. The van der Waals surface area contributed by atoms with Crippen molar-refractivity contribution in [1.82, 2.24) is 5.43 Å². The molecule has 0 spiro atoms. The van der Waals surface area contributed by atoms with Crippen molar-refractivity contribution in [3.63, 3.8) is 0 Å². The van der Waals surface area contributed by atoms with Gasteiger partial charge < -0.3 is 14.8 Å². The highest BCUT2D eigenvalue weighted by atomic mass is 32.1. The van der Waals surface area contributed by atoms with Crippen molar-refractivity contribution in [2.45, 2.75) is 32.6 Å². The van der Waals surface area contributed by atoms with Crippen molar-refractivity contribution in [2.75, 3.05) is 19.5 Å². The van der Waals surface area contributed by atoms with Gasteiger partial charge in [0.1, 0.15) is 0 Å². The third kappa shape index (κ3) is 4.59. The minimum atomic E-state index is 0.470. The average Bonchev–Trinajstić information content (AvgIpc) is 2.53. The number of hydrazone groups is 1. The molecule has 1 aromatic carbocycles. The number of benzene rings is 1. The van der Waals surface area contributed by atoms with E-state index in [1.807, 2.05) is 18.2 Å². The Morgan fingerprint density at radius 1 is 1.27 bits per heavy atom. The molecular formula is C16H23N3O2S. The quantitative estimate of drug-likeness (QED) is 0.656. The van der Waals surface area contributed by atoms with Crippen LogP contribution in [0.4, 0.5) is 5.69 Å². The molecule has 0 amide bonds. The molecule has 1 atom stereocenters. The van der Waals surface area contributed by atoms with Crippen LogP contribution in [0.3, 0.4) is 0 Å². The van der Waals surface area contributed by atoms with Crippen molar-refractivity contribution >= 4 is 28.7 Å². The maximum Gasteiger partial charge on any atom is 0.191 e. The molecule has 1 saturated carbocycles. The number of thiocarbonyl (C=S) groups is 1. The van der Waals surface area contributed by atoms with Crippen LogP contribution in [0.25, 0.3) is 0 Å². The molecule has 120 valence electrons. The molecular weight excluding hydrogens is 298 g/mol. The lowest BCUT2D eigenvalue weighted by molar-refractivity contribution is 0.355. The normalized spacial score (nSPS) is 19.6.